The van der Waals surface area contributed by atoms with Gasteiger partial charge in [0.1, 0.15) is 6.54 Å². The number of quaternary nitrogens is 1. The maximum absolute atomic E-state index is 12.3. The van der Waals surface area contributed by atoms with E-state index in [1.165, 1.54) is 51.4 Å². The Labute approximate surface area is 119 Å². The molecule has 1 aliphatic rings. The number of rotatable bonds is 11. The second kappa shape index (κ2) is 9.49. The summed E-state index contributed by atoms with van der Waals surface area (Å²) < 4.78 is -0.142. The zero-order valence-electron chi connectivity index (χ0n) is 13.0. The Hall–Kier alpha value is -0.410. The van der Waals surface area contributed by atoms with Crippen molar-refractivity contribution in [3.63, 3.8) is 0 Å². The van der Waals surface area contributed by atoms with Gasteiger partial charge < -0.3 is 9.85 Å². The molecule has 19 heavy (non-hydrogen) atoms. The average molecular weight is 268 g/mol. The van der Waals surface area contributed by atoms with E-state index in [0.29, 0.717) is 13.1 Å². The topological polar surface area (TPSA) is 35.4 Å². The summed E-state index contributed by atoms with van der Waals surface area (Å²) >= 11 is 0. The second-order valence-corrected chi connectivity index (χ2v) is 5.81. The van der Waals surface area contributed by atoms with Gasteiger partial charge in [-0.25, -0.2) is 4.99 Å². The number of hydrogen-bond acceptors (Lipinski definition) is 2. The van der Waals surface area contributed by atoms with E-state index in [4.69, 9.17) is 0 Å². The fourth-order valence-electron chi connectivity index (χ4n) is 2.82. The zero-order chi connectivity index (χ0) is 14.0. The molecule has 3 heteroatoms. The molecule has 0 bridgehead atoms. The summed E-state index contributed by atoms with van der Waals surface area (Å²) in [6.07, 6.45) is 12.9. The van der Waals surface area contributed by atoms with Crippen LogP contribution in [0.3, 0.4) is 0 Å². The largest absolute Gasteiger partial charge is 0.626 e. The van der Waals surface area contributed by atoms with E-state index in [2.05, 4.69) is 11.9 Å². The average Bonchev–Trinajstić information content (AvgIpc) is 2.79. The van der Waals surface area contributed by atoms with E-state index in [9.17, 15) is 5.21 Å². The van der Waals surface area contributed by atoms with E-state index in [-0.39, 0.29) is 4.65 Å². The minimum Gasteiger partial charge on any atom is -0.626 e. The minimum absolute atomic E-state index is 0.142. The van der Waals surface area contributed by atoms with Crippen LogP contribution >= 0.6 is 0 Å². The highest BCUT2D eigenvalue weighted by Crippen LogP contribution is 2.18. The third kappa shape index (κ3) is 6.05. The molecule has 0 radical (unpaired) electrons. The van der Waals surface area contributed by atoms with Gasteiger partial charge in [0.2, 0.25) is 0 Å². The zero-order valence-corrected chi connectivity index (χ0v) is 13.0. The van der Waals surface area contributed by atoms with Gasteiger partial charge in [-0.2, -0.15) is 0 Å². The molecule has 0 saturated carbocycles. The van der Waals surface area contributed by atoms with Gasteiger partial charge in [-0.05, 0) is 13.3 Å². The Balaban J connectivity index is 1.96. The molecular weight excluding hydrogens is 236 g/mol. The third-order valence-electron chi connectivity index (χ3n) is 4.24. The summed E-state index contributed by atoms with van der Waals surface area (Å²) in [5, 5.41) is 12.3. The fourth-order valence-corrected chi connectivity index (χ4v) is 2.82. The first-order valence-corrected chi connectivity index (χ1v) is 8.35. The lowest BCUT2D eigenvalue weighted by Crippen LogP contribution is -2.44. The summed E-state index contributed by atoms with van der Waals surface area (Å²) in [5.41, 5.74) is 0. The van der Waals surface area contributed by atoms with Crippen LogP contribution in [0.5, 0.6) is 0 Å². The number of hydroxylamine groups is 3. The van der Waals surface area contributed by atoms with Crippen LogP contribution < -0.4 is 0 Å². The van der Waals surface area contributed by atoms with Gasteiger partial charge in [0.05, 0.1) is 13.1 Å². The predicted molar refractivity (Wildman–Crippen MR) is 83.2 cm³/mol. The Morgan fingerprint density at radius 2 is 1.53 bits per heavy atom. The van der Waals surface area contributed by atoms with Gasteiger partial charge in [-0.3, -0.25) is 0 Å². The quantitative estimate of drug-likeness (QED) is 0.305. The standard InChI is InChI=1S/C16H32N2O/c1-3-5-6-7-8-9-10-11-12-13-16-17-14-15-18(16,19)4-2/h3-15H2,1-2H3. The fraction of sp³-hybridized carbons (Fsp3) is 0.938. The molecule has 1 aliphatic heterocycles. The van der Waals surface area contributed by atoms with Crippen molar-refractivity contribution in [2.24, 2.45) is 4.99 Å². The van der Waals surface area contributed by atoms with E-state index < -0.39 is 0 Å². The van der Waals surface area contributed by atoms with Gasteiger partial charge in [0, 0.05) is 6.42 Å². The maximum atomic E-state index is 12.3. The second-order valence-electron chi connectivity index (χ2n) is 5.81. The highest BCUT2D eigenvalue weighted by atomic mass is 16.5. The van der Waals surface area contributed by atoms with Crippen molar-refractivity contribution in [2.45, 2.75) is 78.1 Å². The molecule has 1 atom stereocenters. The summed E-state index contributed by atoms with van der Waals surface area (Å²) in [7, 11) is 0. The van der Waals surface area contributed by atoms with Crippen LogP contribution in [0.1, 0.15) is 78.1 Å². The van der Waals surface area contributed by atoms with Gasteiger partial charge in [-0.1, -0.05) is 58.3 Å². The van der Waals surface area contributed by atoms with Crippen molar-refractivity contribution in [1.82, 2.24) is 0 Å². The first kappa shape index (κ1) is 16.6. The summed E-state index contributed by atoms with van der Waals surface area (Å²) in [5.74, 6) is 0.908. The van der Waals surface area contributed by atoms with E-state index in [1.807, 2.05) is 6.92 Å². The van der Waals surface area contributed by atoms with Crippen molar-refractivity contribution < 1.29 is 4.65 Å². The van der Waals surface area contributed by atoms with Crippen molar-refractivity contribution >= 4 is 5.84 Å². The molecule has 0 aliphatic carbocycles. The molecular formula is C16H32N2O. The van der Waals surface area contributed by atoms with Crippen molar-refractivity contribution in [3.8, 4) is 0 Å². The molecule has 3 nitrogen and oxygen atoms in total. The lowest BCUT2D eigenvalue weighted by molar-refractivity contribution is -0.781. The Morgan fingerprint density at radius 1 is 0.947 bits per heavy atom. The molecule has 112 valence electrons. The monoisotopic (exact) mass is 268 g/mol. The van der Waals surface area contributed by atoms with Crippen molar-refractivity contribution in [1.29, 1.82) is 0 Å². The Kier molecular flexibility index (Phi) is 8.31. The van der Waals surface area contributed by atoms with Crippen LogP contribution in [0.15, 0.2) is 4.99 Å². The molecule has 0 spiro atoms. The number of nitrogens with zero attached hydrogens (tertiary/aromatic N) is 2. The lowest BCUT2D eigenvalue weighted by Gasteiger charge is -2.37. The third-order valence-corrected chi connectivity index (χ3v) is 4.24. The number of aliphatic imine (C=N–C) groups is 1. The predicted octanol–water partition coefficient (Wildman–Crippen LogP) is 4.65. The summed E-state index contributed by atoms with van der Waals surface area (Å²) in [4.78, 5) is 4.40. The Bertz CT molecular complexity index is 265. The van der Waals surface area contributed by atoms with Crippen LogP contribution in [0.25, 0.3) is 0 Å². The van der Waals surface area contributed by atoms with Crippen LogP contribution in [0.2, 0.25) is 0 Å². The minimum atomic E-state index is -0.142. The molecule has 0 aromatic heterocycles. The van der Waals surface area contributed by atoms with Gasteiger partial charge in [0.25, 0.3) is 0 Å². The molecule has 0 aromatic rings. The first-order chi connectivity index (χ1) is 9.23. The molecule has 0 N–H and O–H groups in total. The van der Waals surface area contributed by atoms with Crippen LogP contribution in [0.4, 0.5) is 0 Å². The highest BCUT2D eigenvalue weighted by Gasteiger charge is 2.27. The van der Waals surface area contributed by atoms with E-state index in [0.717, 1.165) is 25.2 Å². The molecule has 0 aromatic carbocycles. The molecule has 1 rings (SSSR count). The number of amidine groups is 1. The SMILES string of the molecule is CCCCCCCCCCCC1=NCC[N+]1([O-])CC. The van der Waals surface area contributed by atoms with Crippen LogP contribution in [-0.4, -0.2) is 30.1 Å². The van der Waals surface area contributed by atoms with E-state index >= 15 is 0 Å². The molecule has 0 saturated heterocycles. The van der Waals surface area contributed by atoms with Gasteiger partial charge in [0.15, 0.2) is 5.84 Å². The van der Waals surface area contributed by atoms with Gasteiger partial charge >= 0.3 is 0 Å². The first-order valence-electron chi connectivity index (χ1n) is 8.35. The number of likely N-dealkylation sites (N-methyl/N-ethyl adjacent to an activating group) is 1. The molecule has 1 heterocycles. The lowest BCUT2D eigenvalue weighted by atomic mass is 10.1. The van der Waals surface area contributed by atoms with Gasteiger partial charge in [-0.15, -0.1) is 0 Å². The van der Waals surface area contributed by atoms with Crippen molar-refractivity contribution in [2.75, 3.05) is 19.6 Å². The highest BCUT2D eigenvalue weighted by molar-refractivity contribution is 5.77. The normalized spacial score (nSPS) is 22.8. The van der Waals surface area contributed by atoms with E-state index in [1.54, 1.807) is 0 Å². The summed E-state index contributed by atoms with van der Waals surface area (Å²) in [6.45, 7) is 6.30. The number of unbranched alkanes of at least 4 members (excludes halogenated alkanes) is 8. The smallest absolute Gasteiger partial charge is 0.198 e. The van der Waals surface area contributed by atoms with Crippen LogP contribution in [0, 0.1) is 5.21 Å². The Morgan fingerprint density at radius 3 is 2.11 bits per heavy atom. The number of hydrogen-bond donors (Lipinski definition) is 0. The van der Waals surface area contributed by atoms with Crippen LogP contribution in [-0.2, 0) is 0 Å². The molecule has 0 amide bonds. The maximum Gasteiger partial charge on any atom is 0.198 e. The summed E-state index contributed by atoms with van der Waals surface area (Å²) in [6, 6.07) is 0. The van der Waals surface area contributed by atoms with Crippen molar-refractivity contribution in [3.05, 3.63) is 5.21 Å². The molecule has 0 fully saturated rings. The molecule has 1 unspecified atom stereocenters.